The van der Waals surface area contributed by atoms with Crippen molar-refractivity contribution in [3.8, 4) is 5.75 Å². The van der Waals surface area contributed by atoms with E-state index in [0.717, 1.165) is 5.75 Å². The molecule has 0 aromatic heterocycles. The molecule has 0 spiro atoms. The molecule has 0 aliphatic rings. The second kappa shape index (κ2) is 17.4. The van der Waals surface area contributed by atoms with Gasteiger partial charge in [0.05, 0.1) is 13.3 Å². The van der Waals surface area contributed by atoms with Crippen LogP contribution >= 0.6 is 7.26 Å². The third-order valence-electron chi connectivity index (χ3n) is 7.75. The zero-order valence-electron chi connectivity index (χ0n) is 23.5. The summed E-state index contributed by atoms with van der Waals surface area (Å²) in [7, 11) is 0.0268. The summed E-state index contributed by atoms with van der Waals surface area (Å²) in [5.74, 6) is 0.930. The summed E-state index contributed by atoms with van der Waals surface area (Å²) in [6.45, 7) is 2.30. The fourth-order valence-corrected chi connectivity index (χ4v) is 9.97. The Morgan fingerprint density at radius 2 is 0.838 bits per heavy atom. The third kappa shape index (κ3) is 9.30. The molecule has 3 aromatic carbocycles. The molecule has 0 N–H and O–H groups in total. The van der Waals surface area contributed by atoms with Gasteiger partial charge in [-0.2, -0.15) is 0 Å². The molecule has 0 bridgehead atoms. The van der Waals surface area contributed by atoms with Crippen molar-refractivity contribution >= 4 is 23.2 Å². The molecular weight excluding hydrogens is 467 g/mol. The van der Waals surface area contributed by atoms with Gasteiger partial charge in [0.25, 0.3) is 0 Å². The molecule has 0 saturated carbocycles. The molecule has 0 atom stereocenters. The molecule has 0 aliphatic heterocycles. The van der Waals surface area contributed by atoms with Gasteiger partial charge in [-0.3, -0.25) is 0 Å². The summed E-state index contributed by atoms with van der Waals surface area (Å²) >= 11 is 0. The minimum Gasteiger partial charge on any atom is -0.497 e. The van der Waals surface area contributed by atoms with Crippen LogP contribution in [0, 0.1) is 0 Å². The Kier molecular flexibility index (Phi) is 13.9. The van der Waals surface area contributed by atoms with Gasteiger partial charge in [0.1, 0.15) is 28.9 Å². The smallest absolute Gasteiger partial charge is 0.119 e. The minimum atomic E-state index is -1.72. The van der Waals surface area contributed by atoms with Crippen molar-refractivity contribution in [2.24, 2.45) is 0 Å². The maximum Gasteiger partial charge on any atom is 0.119 e. The topological polar surface area (TPSA) is 9.23 Å². The summed E-state index contributed by atoms with van der Waals surface area (Å²) in [4.78, 5) is 0. The van der Waals surface area contributed by atoms with E-state index in [2.05, 4.69) is 91.9 Å². The summed E-state index contributed by atoms with van der Waals surface area (Å²) in [6.07, 6.45) is 20.8. The number of benzene rings is 3. The largest absolute Gasteiger partial charge is 0.497 e. The van der Waals surface area contributed by atoms with E-state index < -0.39 is 7.26 Å². The number of methoxy groups -OCH3 is 1. The standard InChI is InChI=1S/C35H50OP/c1-3-4-5-6-7-8-9-10-11-12-13-14-15-22-31-37(33-23-18-16-19-24-33,34-25-20-17-21-26-34)35-29-27-32(36-2)28-30-35/h16-21,23-30H,3-15,22,31H2,1-2H3/q+1. The van der Waals surface area contributed by atoms with Crippen LogP contribution in [0.15, 0.2) is 84.9 Å². The molecule has 0 heterocycles. The van der Waals surface area contributed by atoms with Crippen LogP contribution in [0.1, 0.15) is 96.8 Å². The fourth-order valence-electron chi connectivity index (χ4n) is 5.58. The van der Waals surface area contributed by atoms with Crippen molar-refractivity contribution in [1.82, 2.24) is 0 Å². The van der Waals surface area contributed by atoms with E-state index in [-0.39, 0.29) is 0 Å². The van der Waals surface area contributed by atoms with Crippen LogP contribution in [0.25, 0.3) is 0 Å². The van der Waals surface area contributed by atoms with Crippen molar-refractivity contribution in [3.05, 3.63) is 84.9 Å². The SMILES string of the molecule is CCCCCCCCCCCCCCCC[P+](c1ccccc1)(c1ccccc1)c1ccc(OC)cc1. The molecule has 3 aromatic rings. The molecule has 0 saturated heterocycles. The summed E-state index contributed by atoms with van der Waals surface area (Å²) < 4.78 is 5.49. The lowest BCUT2D eigenvalue weighted by atomic mass is 10.0. The van der Waals surface area contributed by atoms with Crippen LogP contribution in [0.4, 0.5) is 0 Å². The minimum absolute atomic E-state index is 0.930. The quantitative estimate of drug-likeness (QED) is 0.114. The molecule has 0 radical (unpaired) electrons. The molecule has 200 valence electrons. The molecule has 1 nitrogen and oxygen atoms in total. The number of hydrogen-bond acceptors (Lipinski definition) is 1. The van der Waals surface area contributed by atoms with E-state index in [4.69, 9.17) is 4.74 Å². The van der Waals surface area contributed by atoms with E-state index >= 15 is 0 Å². The lowest BCUT2D eigenvalue weighted by Crippen LogP contribution is -2.33. The van der Waals surface area contributed by atoms with Gasteiger partial charge in [0.2, 0.25) is 0 Å². The monoisotopic (exact) mass is 517 g/mol. The van der Waals surface area contributed by atoms with Crippen LogP contribution in [-0.2, 0) is 0 Å². The highest BCUT2D eigenvalue weighted by molar-refractivity contribution is 7.95. The molecule has 2 heteroatoms. The van der Waals surface area contributed by atoms with E-state index in [0.29, 0.717) is 0 Å². The molecule has 3 rings (SSSR count). The second-order valence-electron chi connectivity index (χ2n) is 10.5. The van der Waals surface area contributed by atoms with Crippen LogP contribution in [-0.4, -0.2) is 13.3 Å². The van der Waals surface area contributed by atoms with Gasteiger partial charge in [0.15, 0.2) is 0 Å². The van der Waals surface area contributed by atoms with E-state index in [1.165, 1.54) is 112 Å². The Bertz CT molecular complexity index is 912. The first-order valence-corrected chi connectivity index (χ1v) is 16.9. The fraction of sp³-hybridized carbons (Fsp3) is 0.486. The molecule has 0 amide bonds. The van der Waals surface area contributed by atoms with Crippen molar-refractivity contribution < 1.29 is 4.74 Å². The van der Waals surface area contributed by atoms with Crippen LogP contribution in [0.2, 0.25) is 0 Å². The number of rotatable bonds is 19. The predicted octanol–water partition coefficient (Wildman–Crippen LogP) is 9.47. The second-order valence-corrected chi connectivity index (χ2v) is 14.1. The van der Waals surface area contributed by atoms with Gasteiger partial charge in [-0.1, -0.05) is 120 Å². The third-order valence-corrected chi connectivity index (χ3v) is 12.3. The molecule has 0 fully saturated rings. The van der Waals surface area contributed by atoms with E-state index in [1.807, 2.05) is 0 Å². The maximum atomic E-state index is 5.49. The van der Waals surface area contributed by atoms with Crippen LogP contribution in [0.5, 0.6) is 5.75 Å². The average molecular weight is 518 g/mol. The van der Waals surface area contributed by atoms with Gasteiger partial charge in [-0.25, -0.2) is 0 Å². The van der Waals surface area contributed by atoms with Gasteiger partial charge in [-0.15, -0.1) is 0 Å². The van der Waals surface area contributed by atoms with Crippen molar-refractivity contribution in [2.75, 3.05) is 13.3 Å². The predicted molar refractivity (Wildman–Crippen MR) is 167 cm³/mol. The summed E-state index contributed by atoms with van der Waals surface area (Å²) in [5.41, 5.74) is 0. The van der Waals surface area contributed by atoms with Crippen molar-refractivity contribution in [2.45, 2.75) is 96.8 Å². The Balaban J connectivity index is 1.55. The Morgan fingerprint density at radius 1 is 0.459 bits per heavy atom. The van der Waals surface area contributed by atoms with E-state index in [1.54, 1.807) is 7.11 Å². The molecule has 37 heavy (non-hydrogen) atoms. The molecule has 0 unspecified atom stereocenters. The first kappa shape index (κ1) is 29.4. The number of unbranched alkanes of at least 4 members (excludes halogenated alkanes) is 13. The van der Waals surface area contributed by atoms with Gasteiger partial charge >= 0.3 is 0 Å². The lowest BCUT2D eigenvalue weighted by molar-refractivity contribution is 0.415. The summed E-state index contributed by atoms with van der Waals surface area (Å²) in [5, 5.41) is 4.43. The first-order valence-electron chi connectivity index (χ1n) is 14.9. The van der Waals surface area contributed by atoms with Crippen molar-refractivity contribution in [3.63, 3.8) is 0 Å². The van der Waals surface area contributed by atoms with Gasteiger partial charge < -0.3 is 4.74 Å². The maximum absolute atomic E-state index is 5.49. The van der Waals surface area contributed by atoms with Gasteiger partial charge in [0, 0.05) is 0 Å². The Morgan fingerprint density at radius 3 is 1.24 bits per heavy atom. The van der Waals surface area contributed by atoms with E-state index in [9.17, 15) is 0 Å². The van der Waals surface area contributed by atoms with Crippen molar-refractivity contribution in [1.29, 1.82) is 0 Å². The Hall–Kier alpha value is -2.11. The summed E-state index contributed by atoms with van der Waals surface area (Å²) in [6, 6.07) is 31.5. The lowest BCUT2D eigenvalue weighted by Gasteiger charge is -2.28. The van der Waals surface area contributed by atoms with Crippen LogP contribution < -0.4 is 20.7 Å². The van der Waals surface area contributed by atoms with Crippen LogP contribution in [0.3, 0.4) is 0 Å². The highest BCUT2D eigenvalue weighted by Crippen LogP contribution is 2.56. The zero-order valence-corrected chi connectivity index (χ0v) is 24.4. The average Bonchev–Trinajstić information content (AvgIpc) is 2.96. The first-order chi connectivity index (χ1) is 18.3. The van der Waals surface area contributed by atoms with Gasteiger partial charge in [-0.05, 0) is 61.4 Å². The number of ether oxygens (including phenoxy) is 1. The Labute approximate surface area is 228 Å². The normalized spacial score (nSPS) is 11.5. The highest BCUT2D eigenvalue weighted by Gasteiger charge is 2.44. The number of hydrogen-bond donors (Lipinski definition) is 0. The zero-order chi connectivity index (χ0) is 26.0. The highest BCUT2D eigenvalue weighted by atomic mass is 31.2. The molecular formula is C35H50OP+. The molecule has 0 aliphatic carbocycles.